The molecule has 1 aromatic rings. The third-order valence-electron chi connectivity index (χ3n) is 4.82. The summed E-state index contributed by atoms with van der Waals surface area (Å²) in [6.45, 7) is 2.19. The smallest absolute Gasteiger partial charge is 0.0774 e. The molecule has 1 saturated heterocycles. The number of hydrogen-bond donors (Lipinski definition) is 1. The van der Waals surface area contributed by atoms with Crippen LogP contribution in [0.25, 0.3) is 0 Å². The first-order valence-electron chi connectivity index (χ1n) is 7.71. The molecule has 3 rings (SSSR count). The fraction of sp³-hybridized carbons (Fsp3) is 0.647. The zero-order chi connectivity index (χ0) is 13.2. The second kappa shape index (κ2) is 5.64. The van der Waals surface area contributed by atoms with Crippen LogP contribution in [-0.2, 0) is 4.74 Å². The highest BCUT2D eigenvalue weighted by atomic mass is 16.5. The Morgan fingerprint density at radius 1 is 1.16 bits per heavy atom. The van der Waals surface area contributed by atoms with Gasteiger partial charge in [-0.05, 0) is 56.7 Å². The monoisotopic (exact) mass is 259 g/mol. The predicted octanol–water partition coefficient (Wildman–Crippen LogP) is 3.78. The van der Waals surface area contributed by atoms with Gasteiger partial charge >= 0.3 is 0 Å². The van der Waals surface area contributed by atoms with Gasteiger partial charge in [0, 0.05) is 0 Å². The highest BCUT2D eigenvalue weighted by molar-refractivity contribution is 5.35. The average Bonchev–Trinajstić information content (AvgIpc) is 2.77. The van der Waals surface area contributed by atoms with Crippen molar-refractivity contribution in [3.63, 3.8) is 0 Å². The van der Waals surface area contributed by atoms with Gasteiger partial charge in [-0.15, -0.1) is 0 Å². The largest absolute Gasteiger partial charge is 0.373 e. The van der Waals surface area contributed by atoms with Crippen LogP contribution in [-0.4, -0.2) is 19.3 Å². The molecular formula is C17H25NO. The van der Waals surface area contributed by atoms with E-state index in [0.29, 0.717) is 18.2 Å². The van der Waals surface area contributed by atoms with Crippen LogP contribution in [0, 0.1) is 0 Å². The molecule has 2 heteroatoms. The normalized spacial score (nSPS) is 29.2. The molecule has 1 heterocycles. The van der Waals surface area contributed by atoms with E-state index in [2.05, 4.69) is 43.6 Å². The van der Waals surface area contributed by atoms with Crippen molar-refractivity contribution in [3.8, 4) is 0 Å². The molecule has 3 unspecified atom stereocenters. The first-order valence-corrected chi connectivity index (χ1v) is 7.71. The van der Waals surface area contributed by atoms with Crippen molar-refractivity contribution < 1.29 is 4.74 Å². The highest BCUT2D eigenvalue weighted by Crippen LogP contribution is 2.41. The zero-order valence-corrected chi connectivity index (χ0v) is 12.1. The number of benzene rings is 1. The molecule has 0 bridgehead atoms. The van der Waals surface area contributed by atoms with Crippen molar-refractivity contribution in [2.24, 2.45) is 0 Å². The second-order valence-corrected chi connectivity index (χ2v) is 6.09. The summed E-state index contributed by atoms with van der Waals surface area (Å²) in [4.78, 5) is 0. The molecular weight excluding hydrogens is 234 g/mol. The standard InChI is InChI=1S/C17H25NO/c1-12-10-11-16(19-12)17(18-2)15-9-4-3-8-14(15)13-6-5-7-13/h3-4,8-9,12-13,16-18H,5-7,10-11H2,1-2H3. The van der Waals surface area contributed by atoms with Crippen molar-refractivity contribution >= 4 is 0 Å². The van der Waals surface area contributed by atoms with Gasteiger partial charge in [-0.25, -0.2) is 0 Å². The van der Waals surface area contributed by atoms with Crippen LogP contribution in [0.1, 0.15) is 62.1 Å². The van der Waals surface area contributed by atoms with E-state index < -0.39 is 0 Å². The Morgan fingerprint density at radius 3 is 2.53 bits per heavy atom. The van der Waals surface area contributed by atoms with Crippen LogP contribution < -0.4 is 5.32 Å². The van der Waals surface area contributed by atoms with Gasteiger partial charge in [0.15, 0.2) is 0 Å². The van der Waals surface area contributed by atoms with Crippen LogP contribution in [0.2, 0.25) is 0 Å². The van der Waals surface area contributed by atoms with Crippen LogP contribution in [0.4, 0.5) is 0 Å². The topological polar surface area (TPSA) is 21.3 Å². The molecule has 19 heavy (non-hydrogen) atoms. The third-order valence-corrected chi connectivity index (χ3v) is 4.82. The lowest BCUT2D eigenvalue weighted by Gasteiger charge is -2.32. The summed E-state index contributed by atoms with van der Waals surface area (Å²) in [5, 5.41) is 3.50. The summed E-state index contributed by atoms with van der Waals surface area (Å²) in [7, 11) is 2.06. The first kappa shape index (κ1) is 13.1. The van der Waals surface area contributed by atoms with Gasteiger partial charge < -0.3 is 10.1 Å². The second-order valence-electron chi connectivity index (χ2n) is 6.09. The maximum Gasteiger partial charge on any atom is 0.0774 e. The SMILES string of the molecule is CNC(c1ccccc1C1CCC1)C1CCC(C)O1. The van der Waals surface area contributed by atoms with Crippen LogP contribution in [0.15, 0.2) is 24.3 Å². The van der Waals surface area contributed by atoms with Gasteiger partial charge in [0.1, 0.15) is 0 Å². The Kier molecular flexibility index (Phi) is 3.90. The fourth-order valence-electron chi connectivity index (χ4n) is 3.51. The van der Waals surface area contributed by atoms with Crippen LogP contribution in [0.5, 0.6) is 0 Å². The predicted molar refractivity (Wildman–Crippen MR) is 78.4 cm³/mol. The molecule has 1 aromatic carbocycles. The molecule has 2 fully saturated rings. The number of likely N-dealkylation sites (N-methyl/N-ethyl adjacent to an activating group) is 1. The number of nitrogens with one attached hydrogen (secondary N) is 1. The minimum Gasteiger partial charge on any atom is -0.373 e. The first-order chi connectivity index (χ1) is 9.29. The molecule has 104 valence electrons. The van der Waals surface area contributed by atoms with Crippen molar-refractivity contribution in [2.75, 3.05) is 7.05 Å². The van der Waals surface area contributed by atoms with E-state index in [1.807, 2.05) is 0 Å². The summed E-state index contributed by atoms with van der Waals surface area (Å²) < 4.78 is 6.09. The van der Waals surface area contributed by atoms with E-state index >= 15 is 0 Å². The molecule has 1 N–H and O–H groups in total. The minimum absolute atomic E-state index is 0.334. The molecule has 0 spiro atoms. The highest BCUT2D eigenvalue weighted by Gasteiger charge is 2.32. The van der Waals surface area contributed by atoms with Crippen molar-refractivity contribution in [1.82, 2.24) is 5.32 Å². The summed E-state index contributed by atoms with van der Waals surface area (Å²) in [6, 6.07) is 9.31. The van der Waals surface area contributed by atoms with Gasteiger partial charge in [0.05, 0.1) is 18.2 Å². The zero-order valence-electron chi connectivity index (χ0n) is 12.1. The number of ether oxygens (including phenoxy) is 1. The molecule has 2 aliphatic rings. The Labute approximate surface area is 116 Å². The summed E-state index contributed by atoms with van der Waals surface area (Å²) >= 11 is 0. The summed E-state index contributed by atoms with van der Waals surface area (Å²) in [6.07, 6.45) is 7.21. The van der Waals surface area contributed by atoms with Gasteiger partial charge in [0.25, 0.3) is 0 Å². The maximum atomic E-state index is 6.09. The fourth-order valence-corrected chi connectivity index (χ4v) is 3.51. The van der Waals surface area contributed by atoms with E-state index in [9.17, 15) is 0 Å². The van der Waals surface area contributed by atoms with E-state index in [-0.39, 0.29) is 0 Å². The number of hydrogen-bond acceptors (Lipinski definition) is 2. The Bertz CT molecular complexity index is 427. The van der Waals surface area contributed by atoms with E-state index in [1.54, 1.807) is 5.56 Å². The van der Waals surface area contributed by atoms with Crippen LogP contribution in [0.3, 0.4) is 0 Å². The Morgan fingerprint density at radius 2 is 1.95 bits per heavy atom. The Balaban J connectivity index is 1.86. The molecule has 2 nitrogen and oxygen atoms in total. The number of rotatable bonds is 4. The minimum atomic E-state index is 0.334. The summed E-state index contributed by atoms with van der Waals surface area (Å²) in [5.74, 6) is 0.783. The van der Waals surface area contributed by atoms with E-state index in [0.717, 1.165) is 5.92 Å². The van der Waals surface area contributed by atoms with Crippen molar-refractivity contribution in [2.45, 2.75) is 63.2 Å². The molecule has 3 atom stereocenters. The van der Waals surface area contributed by atoms with Gasteiger partial charge in [0.2, 0.25) is 0 Å². The van der Waals surface area contributed by atoms with Crippen molar-refractivity contribution in [3.05, 3.63) is 35.4 Å². The van der Waals surface area contributed by atoms with E-state index in [1.165, 1.54) is 37.7 Å². The molecule has 0 amide bonds. The third kappa shape index (κ3) is 2.56. The molecule has 1 aliphatic heterocycles. The lowest BCUT2D eigenvalue weighted by atomic mass is 9.76. The summed E-state index contributed by atoms with van der Waals surface area (Å²) in [5.41, 5.74) is 3.02. The maximum absolute atomic E-state index is 6.09. The average molecular weight is 259 g/mol. The van der Waals surface area contributed by atoms with Gasteiger partial charge in [-0.3, -0.25) is 0 Å². The molecule has 1 saturated carbocycles. The molecule has 1 aliphatic carbocycles. The van der Waals surface area contributed by atoms with Crippen LogP contribution >= 0.6 is 0 Å². The van der Waals surface area contributed by atoms with Gasteiger partial charge in [-0.1, -0.05) is 30.7 Å². The lowest BCUT2D eigenvalue weighted by Crippen LogP contribution is -2.31. The lowest BCUT2D eigenvalue weighted by molar-refractivity contribution is 0.0330. The Hall–Kier alpha value is -0.860. The molecule has 0 radical (unpaired) electrons. The quantitative estimate of drug-likeness (QED) is 0.888. The molecule has 0 aromatic heterocycles. The van der Waals surface area contributed by atoms with Gasteiger partial charge in [-0.2, -0.15) is 0 Å². The van der Waals surface area contributed by atoms with Crippen molar-refractivity contribution in [1.29, 1.82) is 0 Å². The van der Waals surface area contributed by atoms with E-state index in [4.69, 9.17) is 4.74 Å².